The maximum atomic E-state index is 6.30. The molecule has 0 amide bonds. The van der Waals surface area contributed by atoms with Crippen LogP contribution >= 0.6 is 23.2 Å². The first-order valence-electron chi connectivity index (χ1n) is 11.2. The Kier molecular flexibility index (Phi) is 5.32. The van der Waals surface area contributed by atoms with E-state index in [9.17, 15) is 0 Å². The molecule has 2 aliphatic rings. The summed E-state index contributed by atoms with van der Waals surface area (Å²) in [6.45, 7) is 6.11. The van der Waals surface area contributed by atoms with Gasteiger partial charge >= 0.3 is 0 Å². The molecule has 1 unspecified atom stereocenters. The number of anilines is 1. The molecule has 6 rings (SSSR count). The van der Waals surface area contributed by atoms with E-state index in [1.807, 2.05) is 37.5 Å². The summed E-state index contributed by atoms with van der Waals surface area (Å²) in [7, 11) is 0. The minimum Gasteiger partial charge on any atom is -0.486 e. The van der Waals surface area contributed by atoms with Gasteiger partial charge in [-0.2, -0.15) is 5.10 Å². The van der Waals surface area contributed by atoms with Crippen molar-refractivity contribution in [3.8, 4) is 17.0 Å². The number of fused-ring (bicyclic) bond motifs is 1. The number of hydrogen-bond donors (Lipinski definition) is 2. The van der Waals surface area contributed by atoms with Crippen molar-refractivity contribution in [1.29, 1.82) is 0 Å². The van der Waals surface area contributed by atoms with Crippen LogP contribution in [0.1, 0.15) is 25.0 Å². The first kappa shape index (κ1) is 21.6. The molecule has 1 atom stereocenters. The molecule has 0 aliphatic carbocycles. The average Bonchev–Trinajstić information content (AvgIpc) is 3.46. The summed E-state index contributed by atoms with van der Waals surface area (Å²) in [6, 6.07) is 5.78. The lowest BCUT2D eigenvalue weighted by Gasteiger charge is -2.47. The van der Waals surface area contributed by atoms with Crippen molar-refractivity contribution < 1.29 is 4.74 Å². The Hall–Kier alpha value is -2.94. The number of nitrogens with zero attached hydrogens (tertiary/aromatic N) is 5. The van der Waals surface area contributed by atoms with Crippen molar-refractivity contribution in [2.75, 3.05) is 31.1 Å². The SMILES string of the molecule is CC(Oc1ccc2[nH]nc(-c3cnc(N4CC5(CCNC5)C4)nc3)c2c1)c1c(Cl)cncc1Cl. The van der Waals surface area contributed by atoms with E-state index in [1.54, 1.807) is 12.4 Å². The van der Waals surface area contributed by atoms with Crippen LogP contribution in [0.25, 0.3) is 22.2 Å². The lowest BCUT2D eigenvalue weighted by atomic mass is 9.79. The van der Waals surface area contributed by atoms with Crippen LogP contribution in [0.2, 0.25) is 10.0 Å². The first-order valence-corrected chi connectivity index (χ1v) is 12.0. The van der Waals surface area contributed by atoms with Gasteiger partial charge in [-0.1, -0.05) is 23.2 Å². The summed E-state index contributed by atoms with van der Waals surface area (Å²) in [4.78, 5) is 15.5. The molecule has 5 heterocycles. The fourth-order valence-corrected chi connectivity index (χ4v) is 5.61. The van der Waals surface area contributed by atoms with E-state index in [1.165, 1.54) is 6.42 Å². The number of H-pyrrole nitrogens is 1. The minimum atomic E-state index is -0.353. The van der Waals surface area contributed by atoms with E-state index >= 15 is 0 Å². The molecule has 174 valence electrons. The fraction of sp³-hybridized carbons (Fsp3) is 0.333. The van der Waals surface area contributed by atoms with Crippen molar-refractivity contribution >= 4 is 40.1 Å². The second-order valence-corrected chi connectivity index (χ2v) is 9.93. The highest BCUT2D eigenvalue weighted by molar-refractivity contribution is 6.35. The molecule has 4 aromatic rings. The number of rotatable bonds is 5. The topological polar surface area (TPSA) is 91.8 Å². The first-order chi connectivity index (χ1) is 16.5. The van der Waals surface area contributed by atoms with Crippen LogP contribution in [0.4, 0.5) is 5.95 Å². The van der Waals surface area contributed by atoms with Crippen molar-refractivity contribution in [1.82, 2.24) is 30.5 Å². The monoisotopic (exact) mass is 495 g/mol. The van der Waals surface area contributed by atoms with Crippen LogP contribution in [-0.4, -0.2) is 51.3 Å². The van der Waals surface area contributed by atoms with Crippen LogP contribution in [0.5, 0.6) is 5.75 Å². The third kappa shape index (κ3) is 3.76. The summed E-state index contributed by atoms with van der Waals surface area (Å²) >= 11 is 12.6. The lowest BCUT2D eigenvalue weighted by Crippen LogP contribution is -2.58. The van der Waals surface area contributed by atoms with Gasteiger partial charge in [-0.3, -0.25) is 10.1 Å². The molecular formula is C24H23Cl2N7O. The highest BCUT2D eigenvalue weighted by Gasteiger charge is 2.45. The van der Waals surface area contributed by atoms with Crippen molar-refractivity contribution in [2.45, 2.75) is 19.4 Å². The van der Waals surface area contributed by atoms with E-state index in [0.717, 1.165) is 54.3 Å². The summed E-state index contributed by atoms with van der Waals surface area (Å²) in [5, 5.41) is 12.9. The molecule has 0 saturated carbocycles. The van der Waals surface area contributed by atoms with Gasteiger partial charge in [0.15, 0.2) is 0 Å². The predicted octanol–water partition coefficient (Wildman–Crippen LogP) is 4.66. The zero-order chi connectivity index (χ0) is 23.3. The van der Waals surface area contributed by atoms with Gasteiger partial charge in [-0.05, 0) is 38.1 Å². The third-order valence-corrected chi connectivity index (χ3v) is 7.33. The van der Waals surface area contributed by atoms with Gasteiger partial charge in [0, 0.05) is 66.3 Å². The number of aromatic amines is 1. The summed E-state index contributed by atoms with van der Waals surface area (Å²) < 4.78 is 6.17. The summed E-state index contributed by atoms with van der Waals surface area (Å²) in [5.41, 5.74) is 3.63. The number of ether oxygens (including phenoxy) is 1. The molecule has 34 heavy (non-hydrogen) atoms. The van der Waals surface area contributed by atoms with E-state index in [4.69, 9.17) is 27.9 Å². The zero-order valence-electron chi connectivity index (χ0n) is 18.6. The highest BCUT2D eigenvalue weighted by Crippen LogP contribution is 2.38. The Morgan fingerprint density at radius 2 is 1.85 bits per heavy atom. The number of hydrogen-bond acceptors (Lipinski definition) is 7. The number of nitrogens with one attached hydrogen (secondary N) is 2. The second-order valence-electron chi connectivity index (χ2n) is 9.11. The molecule has 2 N–H and O–H groups in total. The molecule has 0 radical (unpaired) electrons. The largest absolute Gasteiger partial charge is 0.486 e. The number of aromatic nitrogens is 5. The summed E-state index contributed by atoms with van der Waals surface area (Å²) in [6.07, 6.45) is 7.67. The Morgan fingerprint density at radius 3 is 2.56 bits per heavy atom. The molecule has 2 saturated heterocycles. The number of halogens is 2. The van der Waals surface area contributed by atoms with Gasteiger partial charge in [0.2, 0.25) is 5.95 Å². The van der Waals surface area contributed by atoms with Crippen LogP contribution in [0.3, 0.4) is 0 Å². The molecular weight excluding hydrogens is 473 g/mol. The maximum absolute atomic E-state index is 6.30. The Labute approximate surface area is 206 Å². The summed E-state index contributed by atoms with van der Waals surface area (Å²) in [5.74, 6) is 1.45. The van der Waals surface area contributed by atoms with E-state index in [2.05, 4.69) is 35.4 Å². The number of benzene rings is 1. The molecule has 10 heteroatoms. The van der Waals surface area contributed by atoms with E-state index in [-0.39, 0.29) is 6.10 Å². The maximum Gasteiger partial charge on any atom is 0.225 e. The number of pyridine rings is 1. The van der Waals surface area contributed by atoms with Gasteiger partial charge in [-0.15, -0.1) is 0 Å². The van der Waals surface area contributed by atoms with Crippen molar-refractivity contribution in [3.63, 3.8) is 0 Å². The molecule has 1 spiro atoms. The van der Waals surface area contributed by atoms with Gasteiger partial charge in [0.1, 0.15) is 17.5 Å². The normalized spacial score (nSPS) is 17.8. The average molecular weight is 496 g/mol. The minimum absolute atomic E-state index is 0.353. The predicted molar refractivity (Wildman–Crippen MR) is 133 cm³/mol. The van der Waals surface area contributed by atoms with Gasteiger partial charge in [0.25, 0.3) is 0 Å². The third-order valence-electron chi connectivity index (χ3n) is 6.72. The van der Waals surface area contributed by atoms with Crippen molar-refractivity contribution in [2.24, 2.45) is 5.41 Å². The standard InChI is InChI=1S/C24H23Cl2N7O/c1-14(21-18(25)9-28-10-19(21)26)34-16-2-3-20-17(6-16)22(32-31-20)15-7-29-23(30-8-15)33-12-24(13-33)4-5-27-11-24/h2-3,6-10,14,27H,4-5,11-13H2,1H3,(H,31,32). The molecule has 3 aromatic heterocycles. The Bertz CT molecular complexity index is 1320. The second kappa shape index (κ2) is 8.37. The van der Waals surface area contributed by atoms with Crippen LogP contribution < -0.4 is 15.0 Å². The fourth-order valence-electron chi connectivity index (χ4n) is 4.94. The Morgan fingerprint density at radius 1 is 1.09 bits per heavy atom. The lowest BCUT2D eigenvalue weighted by molar-refractivity contribution is 0.227. The van der Waals surface area contributed by atoms with Gasteiger partial charge < -0.3 is 15.0 Å². The van der Waals surface area contributed by atoms with Crippen molar-refractivity contribution in [3.05, 3.63) is 58.6 Å². The van der Waals surface area contributed by atoms with Gasteiger partial charge in [-0.25, -0.2) is 9.97 Å². The molecule has 8 nitrogen and oxygen atoms in total. The van der Waals surface area contributed by atoms with Gasteiger partial charge in [0.05, 0.1) is 15.6 Å². The quantitative estimate of drug-likeness (QED) is 0.415. The molecule has 2 aliphatic heterocycles. The van der Waals surface area contributed by atoms with E-state index < -0.39 is 0 Å². The van der Waals surface area contributed by atoms with E-state index in [0.29, 0.717) is 26.8 Å². The van der Waals surface area contributed by atoms with Crippen LogP contribution in [-0.2, 0) is 0 Å². The van der Waals surface area contributed by atoms with Crippen LogP contribution in [0, 0.1) is 5.41 Å². The molecule has 1 aromatic carbocycles. The molecule has 0 bridgehead atoms. The Balaban J connectivity index is 1.23. The van der Waals surface area contributed by atoms with Crippen LogP contribution in [0.15, 0.2) is 43.0 Å². The zero-order valence-corrected chi connectivity index (χ0v) is 20.1. The smallest absolute Gasteiger partial charge is 0.225 e. The molecule has 2 fully saturated rings. The highest BCUT2D eigenvalue weighted by atomic mass is 35.5.